The molecular formula is C27H25N3O4. The van der Waals surface area contributed by atoms with Crippen molar-refractivity contribution < 1.29 is 19.4 Å². The number of benzene rings is 3. The zero-order valence-corrected chi connectivity index (χ0v) is 18.6. The van der Waals surface area contributed by atoms with Crippen molar-refractivity contribution in [1.82, 2.24) is 15.3 Å². The molecule has 1 aliphatic rings. The van der Waals surface area contributed by atoms with Gasteiger partial charge in [0, 0.05) is 29.2 Å². The predicted molar refractivity (Wildman–Crippen MR) is 129 cm³/mol. The number of fused-ring (bicyclic) bond motifs is 1. The van der Waals surface area contributed by atoms with E-state index in [1.165, 1.54) is 0 Å². The molecule has 0 saturated heterocycles. The van der Waals surface area contributed by atoms with E-state index in [1.54, 1.807) is 24.3 Å². The van der Waals surface area contributed by atoms with Crippen LogP contribution in [0, 0.1) is 0 Å². The normalized spacial score (nSPS) is 13.1. The number of nitrogens with zero attached hydrogens (tertiary/aromatic N) is 1. The third-order valence-corrected chi connectivity index (χ3v) is 5.78. The molecule has 0 atom stereocenters. The summed E-state index contributed by atoms with van der Waals surface area (Å²) in [6.07, 6.45) is 2.39. The number of aliphatic hydroxyl groups is 1. The largest absolute Gasteiger partial charge is 0.491 e. The van der Waals surface area contributed by atoms with Gasteiger partial charge in [-0.1, -0.05) is 18.2 Å². The maximum atomic E-state index is 12.7. The fraction of sp³-hybridized carbons (Fsp3) is 0.222. The van der Waals surface area contributed by atoms with Gasteiger partial charge in [-0.3, -0.25) is 9.59 Å². The summed E-state index contributed by atoms with van der Waals surface area (Å²) in [5.41, 5.74) is 4.68. The van der Waals surface area contributed by atoms with Crippen LogP contribution in [0.2, 0.25) is 0 Å². The van der Waals surface area contributed by atoms with Crippen LogP contribution < -0.4 is 10.1 Å². The van der Waals surface area contributed by atoms with Crippen LogP contribution >= 0.6 is 0 Å². The first-order valence-corrected chi connectivity index (χ1v) is 11.4. The van der Waals surface area contributed by atoms with Crippen molar-refractivity contribution in [2.24, 2.45) is 0 Å². The molecule has 1 amide bonds. The summed E-state index contributed by atoms with van der Waals surface area (Å²) in [6, 6.07) is 20.4. The number of rotatable bonds is 9. The average molecular weight is 456 g/mol. The zero-order chi connectivity index (χ0) is 23.5. The van der Waals surface area contributed by atoms with E-state index in [0.29, 0.717) is 28.7 Å². The molecule has 0 aliphatic heterocycles. The highest BCUT2D eigenvalue weighted by Crippen LogP contribution is 2.24. The van der Waals surface area contributed by atoms with Crippen LogP contribution in [-0.4, -0.2) is 46.0 Å². The van der Waals surface area contributed by atoms with Crippen molar-refractivity contribution in [2.75, 3.05) is 13.2 Å². The molecule has 5 rings (SSSR count). The number of aliphatic hydroxyl groups excluding tert-OH is 1. The fourth-order valence-electron chi connectivity index (χ4n) is 3.77. The van der Waals surface area contributed by atoms with Gasteiger partial charge in [0.15, 0.2) is 5.78 Å². The number of nitrogens with one attached hydrogen (secondary N) is 2. The Bertz CT molecular complexity index is 1320. The Balaban J connectivity index is 1.28. The number of amides is 1. The van der Waals surface area contributed by atoms with Crippen LogP contribution in [0.1, 0.15) is 39.1 Å². The van der Waals surface area contributed by atoms with E-state index < -0.39 is 0 Å². The summed E-state index contributed by atoms with van der Waals surface area (Å²) in [5.74, 6) is 1.30. The lowest BCUT2D eigenvalue weighted by atomic mass is 10.0. The van der Waals surface area contributed by atoms with E-state index >= 15 is 0 Å². The molecular weight excluding hydrogens is 430 g/mol. The molecule has 0 unspecified atom stereocenters. The van der Waals surface area contributed by atoms with E-state index in [9.17, 15) is 9.59 Å². The highest BCUT2D eigenvalue weighted by atomic mass is 16.5. The molecule has 0 spiro atoms. The quantitative estimate of drug-likeness (QED) is 0.332. The molecule has 1 aromatic heterocycles. The predicted octanol–water partition coefficient (Wildman–Crippen LogP) is 3.92. The Morgan fingerprint density at radius 1 is 1.00 bits per heavy atom. The first-order valence-electron chi connectivity index (χ1n) is 11.4. The van der Waals surface area contributed by atoms with Crippen molar-refractivity contribution in [3.05, 3.63) is 83.4 Å². The summed E-state index contributed by atoms with van der Waals surface area (Å²) in [4.78, 5) is 32.9. The van der Waals surface area contributed by atoms with Crippen LogP contribution in [0.4, 0.5) is 0 Å². The number of Topliss-reactive ketones (excluding diaryl/α,β-unsaturated/α-hetero) is 1. The van der Waals surface area contributed by atoms with Crippen molar-refractivity contribution in [1.29, 1.82) is 0 Å². The van der Waals surface area contributed by atoms with Gasteiger partial charge in [0.2, 0.25) is 0 Å². The van der Waals surface area contributed by atoms with Gasteiger partial charge in [0.1, 0.15) is 18.2 Å². The van der Waals surface area contributed by atoms with Crippen LogP contribution in [-0.2, 0) is 6.42 Å². The smallest absolute Gasteiger partial charge is 0.251 e. The second-order valence-electron chi connectivity index (χ2n) is 8.46. The van der Waals surface area contributed by atoms with Crippen LogP contribution in [0.5, 0.6) is 5.75 Å². The number of hydrogen-bond acceptors (Lipinski definition) is 5. The van der Waals surface area contributed by atoms with E-state index in [-0.39, 0.29) is 31.3 Å². The summed E-state index contributed by atoms with van der Waals surface area (Å²) in [5, 5.41) is 11.8. The summed E-state index contributed by atoms with van der Waals surface area (Å²) in [6.45, 7) is 0.167. The minimum Gasteiger partial charge on any atom is -0.491 e. The molecule has 7 nitrogen and oxygen atoms in total. The third-order valence-electron chi connectivity index (χ3n) is 5.78. The molecule has 1 heterocycles. The lowest BCUT2D eigenvalue weighted by molar-refractivity contribution is 0.0949. The van der Waals surface area contributed by atoms with Gasteiger partial charge in [-0.2, -0.15) is 0 Å². The molecule has 1 aliphatic carbocycles. The lowest BCUT2D eigenvalue weighted by Crippen LogP contribution is -2.25. The molecule has 1 saturated carbocycles. The first kappa shape index (κ1) is 21.9. The van der Waals surface area contributed by atoms with Crippen LogP contribution in [0.25, 0.3) is 22.4 Å². The van der Waals surface area contributed by atoms with Crippen molar-refractivity contribution in [2.45, 2.75) is 25.3 Å². The molecule has 34 heavy (non-hydrogen) atoms. The number of H-pyrrole nitrogens is 1. The molecule has 0 radical (unpaired) electrons. The topological polar surface area (TPSA) is 104 Å². The Hall–Kier alpha value is -3.97. The molecule has 172 valence electrons. The number of carbonyl (C=O) groups excluding carboxylic acids is 2. The molecule has 7 heteroatoms. The minimum absolute atomic E-state index is 0.00728. The Labute approximate surface area is 196 Å². The Morgan fingerprint density at radius 3 is 2.44 bits per heavy atom. The van der Waals surface area contributed by atoms with Crippen molar-refractivity contribution in [3.8, 4) is 17.1 Å². The highest BCUT2D eigenvalue weighted by molar-refractivity contribution is 5.98. The third kappa shape index (κ3) is 5.00. The highest BCUT2D eigenvalue weighted by Gasteiger charge is 2.23. The van der Waals surface area contributed by atoms with Gasteiger partial charge in [-0.15, -0.1) is 0 Å². The standard InChI is InChI=1S/C27H25N3O4/c31-13-14-34-22-10-6-18(7-11-22)25(32)16-17-1-12-23-24(15-17)30-26(29-23)19-2-4-20(5-3-19)27(33)28-21-8-9-21/h1-7,10-12,15,21,31H,8-9,13-14,16H2,(H,28,33)(H,29,30). The van der Waals surface area contributed by atoms with Gasteiger partial charge in [-0.05, 0) is 66.9 Å². The second-order valence-corrected chi connectivity index (χ2v) is 8.46. The van der Waals surface area contributed by atoms with Crippen molar-refractivity contribution in [3.63, 3.8) is 0 Å². The molecule has 3 aromatic carbocycles. The van der Waals surface area contributed by atoms with Crippen molar-refractivity contribution >= 4 is 22.7 Å². The van der Waals surface area contributed by atoms with Crippen LogP contribution in [0.15, 0.2) is 66.7 Å². The number of ketones is 1. The molecule has 0 bridgehead atoms. The lowest BCUT2D eigenvalue weighted by Gasteiger charge is -2.05. The Kier molecular flexibility index (Phi) is 6.10. The van der Waals surface area contributed by atoms with Gasteiger partial charge >= 0.3 is 0 Å². The molecule has 3 N–H and O–H groups in total. The van der Waals surface area contributed by atoms with E-state index in [4.69, 9.17) is 9.84 Å². The SMILES string of the molecule is O=C(Cc1ccc2nc(-c3ccc(C(=O)NC4CC4)cc3)[nH]c2c1)c1ccc(OCCO)cc1. The van der Waals surface area contributed by atoms with E-state index in [2.05, 4.69) is 15.3 Å². The number of aromatic nitrogens is 2. The average Bonchev–Trinajstić information content (AvgIpc) is 3.58. The maximum Gasteiger partial charge on any atom is 0.251 e. The van der Waals surface area contributed by atoms with Gasteiger partial charge in [-0.25, -0.2) is 4.98 Å². The number of carbonyl (C=O) groups is 2. The zero-order valence-electron chi connectivity index (χ0n) is 18.6. The summed E-state index contributed by atoms with van der Waals surface area (Å²) in [7, 11) is 0. The van der Waals surface area contributed by atoms with Crippen LogP contribution in [0.3, 0.4) is 0 Å². The number of aromatic amines is 1. The summed E-state index contributed by atoms with van der Waals surface area (Å²) < 4.78 is 5.34. The molecule has 1 fully saturated rings. The summed E-state index contributed by atoms with van der Waals surface area (Å²) >= 11 is 0. The number of hydrogen-bond donors (Lipinski definition) is 3. The van der Waals surface area contributed by atoms with Gasteiger partial charge in [0.05, 0.1) is 17.6 Å². The number of ether oxygens (including phenoxy) is 1. The fourth-order valence-corrected chi connectivity index (χ4v) is 3.77. The monoisotopic (exact) mass is 455 g/mol. The maximum absolute atomic E-state index is 12.7. The second kappa shape index (κ2) is 9.49. The van der Waals surface area contributed by atoms with Gasteiger partial charge < -0.3 is 20.1 Å². The van der Waals surface area contributed by atoms with E-state index in [1.807, 2.05) is 42.5 Å². The van der Waals surface area contributed by atoms with Gasteiger partial charge in [0.25, 0.3) is 5.91 Å². The van der Waals surface area contributed by atoms with E-state index in [0.717, 1.165) is 35.0 Å². The Morgan fingerprint density at radius 2 is 1.74 bits per heavy atom. The number of imidazole rings is 1. The molecule has 4 aromatic rings. The minimum atomic E-state index is -0.0542. The first-order chi connectivity index (χ1) is 16.6.